The van der Waals surface area contributed by atoms with Crippen LogP contribution in [0, 0.1) is 5.92 Å². The van der Waals surface area contributed by atoms with Crippen molar-refractivity contribution in [2.75, 3.05) is 26.2 Å². The lowest BCUT2D eigenvalue weighted by molar-refractivity contribution is -0.138. The summed E-state index contributed by atoms with van der Waals surface area (Å²) in [5.41, 5.74) is 30.7. The van der Waals surface area contributed by atoms with Gasteiger partial charge in [-0.05, 0) is 85.0 Å². The van der Waals surface area contributed by atoms with E-state index in [0.717, 1.165) is 16.5 Å². The lowest BCUT2D eigenvalue weighted by atomic mass is 9.96. The lowest BCUT2D eigenvalue weighted by Gasteiger charge is -2.29. The minimum atomic E-state index is -1.79. The van der Waals surface area contributed by atoms with Crippen LogP contribution in [-0.4, -0.2) is 153 Å². The molecule has 0 radical (unpaired) electrons. The van der Waals surface area contributed by atoms with Crippen LogP contribution >= 0.6 is 0 Å². The second-order valence-electron chi connectivity index (χ2n) is 18.8. The van der Waals surface area contributed by atoms with Gasteiger partial charge < -0.3 is 91.3 Å². The Hall–Kier alpha value is -8.98. The van der Waals surface area contributed by atoms with Gasteiger partial charge in [-0.1, -0.05) is 62.7 Å². The van der Waals surface area contributed by atoms with Crippen molar-refractivity contribution in [1.29, 1.82) is 0 Å². The van der Waals surface area contributed by atoms with E-state index in [1.54, 1.807) is 20.0 Å². The number of hydrogen-bond acceptors (Lipinski definition) is 14. The van der Waals surface area contributed by atoms with E-state index in [-0.39, 0.29) is 81.5 Å². The third kappa shape index (κ3) is 20.8. The second kappa shape index (κ2) is 31.3. The van der Waals surface area contributed by atoms with Gasteiger partial charge in [0, 0.05) is 43.0 Å². The van der Waals surface area contributed by atoms with Crippen molar-refractivity contribution >= 4 is 70.1 Å². The van der Waals surface area contributed by atoms with Gasteiger partial charge in [-0.3, -0.25) is 48.3 Å². The van der Waals surface area contributed by atoms with Crippen molar-refractivity contribution in [3.63, 3.8) is 0 Å². The molecule has 4 rings (SSSR count). The van der Waals surface area contributed by atoms with Crippen LogP contribution in [-0.2, 0) is 57.6 Å². The first-order valence-corrected chi connectivity index (χ1v) is 25.5. The molecule has 8 atom stereocenters. The zero-order valence-electron chi connectivity index (χ0n) is 43.9. The Morgan fingerprint density at radius 1 is 0.582 bits per heavy atom. The molecule has 0 unspecified atom stereocenters. The molecule has 27 heteroatoms. The molecular weight excluding hydrogens is 1030 g/mol. The van der Waals surface area contributed by atoms with E-state index >= 15 is 0 Å². The Morgan fingerprint density at radius 2 is 1.04 bits per heavy atom. The Balaban J connectivity index is 1.59. The summed E-state index contributed by atoms with van der Waals surface area (Å²) in [6.45, 7) is 1.77. The number of aliphatic carboxylic acids is 1. The molecule has 0 aliphatic heterocycles. The number of nitrogens with two attached hydrogens (primary N) is 5. The Labute approximate surface area is 455 Å². The summed E-state index contributed by atoms with van der Waals surface area (Å²) < 4.78 is 0. The van der Waals surface area contributed by atoms with Crippen molar-refractivity contribution in [2.45, 2.75) is 108 Å². The molecule has 0 fully saturated rings. The Morgan fingerprint density at radius 3 is 1.54 bits per heavy atom. The van der Waals surface area contributed by atoms with E-state index < -0.39 is 109 Å². The average Bonchev–Trinajstić information content (AvgIpc) is 3.83. The number of aromatic hydroxyl groups is 2. The number of aromatic amines is 1. The summed E-state index contributed by atoms with van der Waals surface area (Å²) in [6.07, 6.45) is 1.98. The second-order valence-corrected chi connectivity index (χ2v) is 18.8. The summed E-state index contributed by atoms with van der Waals surface area (Å²) in [7, 11) is 0. The third-order valence-electron chi connectivity index (χ3n) is 12.6. The smallest absolute Gasteiger partial charge is 0.322 e. The predicted molar refractivity (Wildman–Crippen MR) is 292 cm³/mol. The number of carbonyl (C=O) groups is 8. The highest BCUT2D eigenvalue weighted by atomic mass is 16.4. The van der Waals surface area contributed by atoms with E-state index in [0.29, 0.717) is 17.5 Å². The van der Waals surface area contributed by atoms with Crippen molar-refractivity contribution in [3.8, 4) is 11.5 Å². The fraction of sp³-hybridized carbons (Fsp3) is 0.423. The van der Waals surface area contributed by atoms with Gasteiger partial charge in [0.05, 0.1) is 12.6 Å². The number of nitrogens with zero attached hydrogens (tertiary/aromatic N) is 2. The number of carboxylic acids is 1. The summed E-state index contributed by atoms with van der Waals surface area (Å²) >= 11 is 0. The maximum atomic E-state index is 14.5. The number of aromatic nitrogens is 1. The number of phenols is 2. The number of amides is 7. The minimum absolute atomic E-state index is 0.0142. The third-order valence-corrected chi connectivity index (χ3v) is 12.6. The molecule has 79 heavy (non-hydrogen) atoms. The monoisotopic (exact) mass is 1100 g/mol. The number of phenolic OH excluding ortho intramolecular Hbond substituents is 2. The van der Waals surface area contributed by atoms with Crippen LogP contribution in [0.2, 0.25) is 0 Å². The van der Waals surface area contributed by atoms with E-state index in [1.165, 1.54) is 48.5 Å². The van der Waals surface area contributed by atoms with Crippen molar-refractivity contribution in [1.82, 2.24) is 42.2 Å². The predicted octanol–water partition coefficient (Wildman–Crippen LogP) is -2.81. The first-order valence-electron chi connectivity index (χ1n) is 25.5. The fourth-order valence-electron chi connectivity index (χ4n) is 8.12. The van der Waals surface area contributed by atoms with Crippen LogP contribution in [0.3, 0.4) is 0 Å². The number of hydrogen-bond donors (Lipinski definition) is 17. The Bertz CT molecular complexity index is 2760. The van der Waals surface area contributed by atoms with E-state index in [9.17, 15) is 58.8 Å². The lowest BCUT2D eigenvalue weighted by Crippen LogP contribution is -2.61. The summed E-state index contributed by atoms with van der Waals surface area (Å²) in [4.78, 5) is 120. The molecule has 0 bridgehead atoms. The van der Waals surface area contributed by atoms with E-state index in [2.05, 4.69) is 52.2 Å². The number of aliphatic imine (C=N–C) groups is 2. The van der Waals surface area contributed by atoms with Gasteiger partial charge in [-0.25, -0.2) is 0 Å². The number of guanidine groups is 2. The normalized spacial score (nSPS) is 14.0. The number of carboxylic acid groups (broad SMARTS) is 1. The van der Waals surface area contributed by atoms with Crippen LogP contribution in [0.5, 0.6) is 11.5 Å². The molecule has 22 N–H and O–H groups in total. The van der Waals surface area contributed by atoms with Crippen LogP contribution in [0.1, 0.15) is 62.6 Å². The zero-order chi connectivity index (χ0) is 58.2. The first kappa shape index (κ1) is 62.6. The number of benzene rings is 3. The van der Waals surface area contributed by atoms with Crippen LogP contribution in [0.15, 0.2) is 89.0 Å². The quantitative estimate of drug-likeness (QED) is 0.0133. The Kier molecular flexibility index (Phi) is 24.8. The number of aliphatic hydroxyl groups is 1. The average molecular weight is 1100 g/mol. The molecule has 7 amide bonds. The van der Waals surface area contributed by atoms with Crippen LogP contribution in [0.25, 0.3) is 10.9 Å². The van der Waals surface area contributed by atoms with Gasteiger partial charge in [0.15, 0.2) is 11.9 Å². The molecule has 1 aromatic heterocycles. The van der Waals surface area contributed by atoms with Crippen molar-refractivity contribution < 1.29 is 58.8 Å². The number of aliphatic hydroxyl groups excluding tert-OH is 1. The minimum Gasteiger partial charge on any atom is -0.508 e. The maximum Gasteiger partial charge on any atom is 0.322 e. The first-order chi connectivity index (χ1) is 37.6. The number of rotatable bonds is 32. The zero-order valence-corrected chi connectivity index (χ0v) is 43.9. The van der Waals surface area contributed by atoms with Gasteiger partial charge in [0.1, 0.15) is 54.3 Å². The largest absolute Gasteiger partial charge is 0.508 e. The number of para-hydroxylation sites is 1. The van der Waals surface area contributed by atoms with Gasteiger partial charge in [-0.15, -0.1) is 0 Å². The van der Waals surface area contributed by atoms with Crippen molar-refractivity contribution in [2.24, 2.45) is 44.6 Å². The summed E-state index contributed by atoms with van der Waals surface area (Å²) in [5, 5.41) is 58.3. The highest BCUT2D eigenvalue weighted by Crippen LogP contribution is 2.20. The molecule has 0 spiro atoms. The number of carbonyl (C=O) groups excluding carboxylic acids is 7. The van der Waals surface area contributed by atoms with E-state index in [1.807, 2.05) is 24.3 Å². The molecule has 4 aromatic rings. The van der Waals surface area contributed by atoms with Crippen molar-refractivity contribution in [3.05, 3.63) is 95.7 Å². The number of nitrogens with one attached hydrogen (secondary N) is 8. The van der Waals surface area contributed by atoms with Crippen LogP contribution in [0.4, 0.5) is 0 Å². The van der Waals surface area contributed by atoms with Gasteiger partial charge in [0.2, 0.25) is 41.4 Å². The number of H-pyrrole nitrogens is 1. The molecule has 27 nitrogen and oxygen atoms in total. The molecule has 0 saturated carbocycles. The molecule has 0 aliphatic carbocycles. The molecule has 428 valence electrons. The van der Waals surface area contributed by atoms with Gasteiger partial charge >= 0.3 is 5.97 Å². The molecule has 0 saturated heterocycles. The van der Waals surface area contributed by atoms with Crippen LogP contribution < -0.4 is 65.9 Å². The van der Waals surface area contributed by atoms with Gasteiger partial charge in [0.25, 0.3) is 0 Å². The molecule has 3 aromatic carbocycles. The standard InChI is InChI=1S/C52H73N15O12/c1-3-28(2)43(67-46(75)38(11-7-21-59-52(56)57)62-44(73)35(53)24-31-25-60-36-9-5-4-8-34(31)36)50(79)65-40(23-30-14-18-33(70)19-15-30)48(77)66-41(27-68)49(78)64-39(22-29-12-16-32(69)17-13-29)47(76)63-37(10-6-20-58-51(54)55)45(74)61-26-42(71)72/h4-5,8-9,12-19,25,28,35,37-41,43,60,68-70H,3,6-7,10-11,20-24,26-27,53H2,1-2H3,(H,61,74)(H,62,73)(H,63,76)(H,64,78)(H,65,79)(H,66,77)(H,67,75)(H,71,72)(H4,54,55,58)(H4,56,57,59)/t28-,35-,37-,38-,39-,40-,41-,43-/m0/s1. The maximum absolute atomic E-state index is 14.5. The highest BCUT2D eigenvalue weighted by Gasteiger charge is 2.35. The summed E-state index contributed by atoms with van der Waals surface area (Å²) in [6, 6.07) is 8.81. The SMILES string of the molecule is CC[C@H](C)[C@H](NC(=O)[C@H](CCCN=C(N)N)NC(=O)[C@@H](N)Cc1c[nH]c2ccccc12)C(=O)N[C@@H](Cc1ccc(O)cc1)C(=O)N[C@@H](CO)C(=O)N[C@@H](Cc1ccc(O)cc1)C(=O)N[C@@H](CCCN=C(N)N)C(=O)NCC(=O)O. The number of fused-ring (bicyclic) bond motifs is 1. The fourth-order valence-corrected chi connectivity index (χ4v) is 8.12. The molecular formula is C52H73N15O12. The van der Waals surface area contributed by atoms with E-state index in [4.69, 9.17) is 28.7 Å². The molecule has 0 aliphatic rings. The van der Waals surface area contributed by atoms with Gasteiger partial charge in [-0.2, -0.15) is 0 Å². The highest BCUT2D eigenvalue weighted by molar-refractivity contribution is 5.98. The topological polar surface area (TPSA) is 472 Å². The summed E-state index contributed by atoms with van der Waals surface area (Å²) in [5.74, 6) is -8.76. The molecule has 1 heterocycles.